The summed E-state index contributed by atoms with van der Waals surface area (Å²) in [5.41, 5.74) is 4.56. The van der Waals surface area contributed by atoms with Gasteiger partial charge in [-0.25, -0.2) is 25.8 Å². The molecule has 0 aliphatic carbocycles. The zero-order valence-electron chi connectivity index (χ0n) is 31.9. The molecule has 19 nitrogen and oxygen atoms in total. The van der Waals surface area contributed by atoms with Crippen molar-refractivity contribution in [3.05, 3.63) is 35.9 Å². The Bertz CT molecular complexity index is 1580. The zero-order valence-corrected chi connectivity index (χ0v) is 31.9. The van der Waals surface area contributed by atoms with Gasteiger partial charge in [0.2, 0.25) is 5.91 Å². The van der Waals surface area contributed by atoms with E-state index < -0.39 is 95.8 Å². The number of ether oxygens (including phenoxy) is 1. The van der Waals surface area contributed by atoms with Crippen LogP contribution in [0.4, 0.5) is 0 Å². The van der Waals surface area contributed by atoms with Gasteiger partial charge >= 0.3 is 5.97 Å². The number of aryl methyl sites for hydroxylation is 1. The summed E-state index contributed by atoms with van der Waals surface area (Å²) in [6.45, 7) is 6.65. The van der Waals surface area contributed by atoms with E-state index in [4.69, 9.17) is 4.74 Å². The Morgan fingerprint density at radius 1 is 0.891 bits per heavy atom. The Balaban J connectivity index is 1.72. The smallest absolute Gasteiger partial charge is 0.331 e. The molecule has 3 heterocycles. The van der Waals surface area contributed by atoms with Crippen LogP contribution in [0.1, 0.15) is 78.7 Å². The van der Waals surface area contributed by atoms with Crippen molar-refractivity contribution in [1.29, 1.82) is 0 Å². The van der Waals surface area contributed by atoms with Crippen molar-refractivity contribution in [3.63, 3.8) is 0 Å². The van der Waals surface area contributed by atoms with Crippen molar-refractivity contribution in [2.24, 2.45) is 5.92 Å². The fraction of sp³-hybridized carbons (Fsp3) is 0.639. The Kier molecular flexibility index (Phi) is 14.7. The third-order valence-electron chi connectivity index (χ3n) is 10.1. The number of nitrogens with one attached hydrogen (secondary N) is 4. The number of hydrazine groups is 2. The second-order valence-electron chi connectivity index (χ2n) is 14.7. The van der Waals surface area contributed by atoms with Crippen LogP contribution >= 0.6 is 0 Å². The van der Waals surface area contributed by atoms with Gasteiger partial charge < -0.3 is 20.5 Å². The number of cyclic esters (lactones) is 1. The summed E-state index contributed by atoms with van der Waals surface area (Å²) >= 11 is 0. The van der Waals surface area contributed by atoms with Gasteiger partial charge in [-0.15, -0.1) is 0 Å². The molecule has 1 aromatic rings. The largest absolute Gasteiger partial charge is 0.458 e. The minimum atomic E-state index is -2.01. The molecular weight excluding hydrogens is 720 g/mol. The number of hydrogen-bond donors (Lipinski definition) is 7. The lowest BCUT2D eigenvalue weighted by Crippen LogP contribution is -2.67. The predicted octanol–water partition coefficient (Wildman–Crippen LogP) is -0.853. The lowest BCUT2D eigenvalue weighted by molar-refractivity contribution is -0.197. The van der Waals surface area contributed by atoms with E-state index in [0.717, 1.165) is 15.6 Å². The van der Waals surface area contributed by atoms with Gasteiger partial charge in [0.05, 0.1) is 6.54 Å². The second kappa shape index (κ2) is 18.8. The van der Waals surface area contributed by atoms with Crippen LogP contribution in [0.15, 0.2) is 30.3 Å². The molecule has 0 spiro atoms. The molecule has 0 unspecified atom stereocenters. The van der Waals surface area contributed by atoms with Gasteiger partial charge in [0, 0.05) is 13.1 Å². The number of carbonyl (C=O) groups is 7. The molecule has 6 amide bonds. The normalized spacial score (nSPS) is 27.9. The third kappa shape index (κ3) is 10.3. The van der Waals surface area contributed by atoms with Crippen LogP contribution in [-0.4, -0.2) is 139 Å². The molecule has 7 N–H and O–H groups in total. The van der Waals surface area contributed by atoms with Gasteiger partial charge in [-0.05, 0) is 77.2 Å². The van der Waals surface area contributed by atoms with Crippen molar-refractivity contribution in [2.75, 3.05) is 19.6 Å². The highest BCUT2D eigenvalue weighted by Gasteiger charge is 2.47. The van der Waals surface area contributed by atoms with Gasteiger partial charge in [-0.2, -0.15) is 0 Å². The van der Waals surface area contributed by atoms with Gasteiger partial charge in [0.1, 0.15) is 35.9 Å². The minimum absolute atomic E-state index is 0.0164. The van der Waals surface area contributed by atoms with E-state index in [9.17, 15) is 49.1 Å². The summed E-state index contributed by atoms with van der Waals surface area (Å²) in [5, 5.41) is 40.3. The summed E-state index contributed by atoms with van der Waals surface area (Å²) in [4.78, 5) is 95.7. The van der Waals surface area contributed by atoms with E-state index in [-0.39, 0.29) is 42.5 Å². The molecule has 3 saturated heterocycles. The first-order valence-electron chi connectivity index (χ1n) is 18.7. The Morgan fingerprint density at radius 2 is 1.45 bits per heavy atom. The first-order valence-corrected chi connectivity index (χ1v) is 18.7. The van der Waals surface area contributed by atoms with Crippen LogP contribution in [0.3, 0.4) is 0 Å². The number of hydroxylamine groups is 4. The maximum Gasteiger partial charge on any atom is 0.331 e. The quantitative estimate of drug-likeness (QED) is 0.132. The Labute approximate surface area is 319 Å². The molecule has 3 aliphatic rings. The van der Waals surface area contributed by atoms with Crippen LogP contribution in [-0.2, 0) is 44.7 Å². The van der Waals surface area contributed by atoms with E-state index in [2.05, 4.69) is 21.5 Å². The van der Waals surface area contributed by atoms with E-state index in [1.165, 1.54) is 20.8 Å². The Hall–Kier alpha value is -4.69. The highest BCUT2D eigenvalue weighted by Crippen LogP contribution is 2.23. The monoisotopic (exact) mass is 774 g/mol. The van der Waals surface area contributed by atoms with Crippen molar-refractivity contribution in [2.45, 2.75) is 121 Å². The maximum atomic E-state index is 14.6. The number of aliphatic hydroxyl groups is 1. The summed E-state index contributed by atoms with van der Waals surface area (Å²) in [6, 6.07) is 1.74. The molecule has 0 saturated carbocycles. The van der Waals surface area contributed by atoms with Crippen molar-refractivity contribution in [1.82, 2.24) is 41.6 Å². The van der Waals surface area contributed by atoms with Gasteiger partial charge in [-0.1, -0.05) is 44.2 Å². The van der Waals surface area contributed by atoms with Crippen LogP contribution in [0.5, 0.6) is 0 Å². The average molecular weight is 775 g/mol. The lowest BCUT2D eigenvalue weighted by atomic mass is 9.93. The van der Waals surface area contributed by atoms with Crippen LogP contribution in [0.25, 0.3) is 0 Å². The van der Waals surface area contributed by atoms with Gasteiger partial charge in [-0.3, -0.25) is 49.2 Å². The molecule has 19 heteroatoms. The zero-order chi connectivity index (χ0) is 40.6. The molecule has 0 bridgehead atoms. The predicted molar refractivity (Wildman–Crippen MR) is 192 cm³/mol. The topological polar surface area (TPSA) is 250 Å². The van der Waals surface area contributed by atoms with Crippen LogP contribution in [0, 0.1) is 5.92 Å². The summed E-state index contributed by atoms with van der Waals surface area (Å²) in [7, 11) is 0. The second-order valence-corrected chi connectivity index (χ2v) is 14.7. The molecule has 55 heavy (non-hydrogen) atoms. The first kappa shape index (κ1) is 43.0. The van der Waals surface area contributed by atoms with E-state index >= 15 is 0 Å². The van der Waals surface area contributed by atoms with Gasteiger partial charge in [0.15, 0.2) is 6.04 Å². The molecular formula is C36H54N8O11. The molecule has 0 aromatic heterocycles. The average Bonchev–Trinajstić information content (AvgIpc) is 3.18. The number of esters is 1. The lowest BCUT2D eigenvalue weighted by Gasteiger charge is -2.41. The Morgan fingerprint density at radius 3 is 2.05 bits per heavy atom. The number of rotatable bonds is 7. The highest BCUT2D eigenvalue weighted by atomic mass is 16.6. The number of carbonyl (C=O) groups excluding carboxylic acids is 7. The standard InChI is InChI=1S/C36H54N8O11/c1-21(2)29-28(40-35(51)36(5,52)17-9-14-24-12-7-6-8-13-24)33(49)42-26(16-11-19-39-42)32(48)43(53)22(3)30(46)37-20-27(45)41-25(15-10-18-38-41)31(47)44(54)23(4)34(50)55-29/h6-8,12-13,21-23,25-26,28-29,38-39,52-54H,9-11,14-20H2,1-5H3,(H,37,46)(H,40,51)/t22-,23+,25-,26+,28-,29-,36-/m0/s1. The van der Waals surface area contributed by atoms with E-state index in [1.807, 2.05) is 30.3 Å². The molecule has 1 aromatic carbocycles. The fourth-order valence-electron chi connectivity index (χ4n) is 6.67. The van der Waals surface area contributed by atoms with Crippen LogP contribution < -0.4 is 21.5 Å². The molecule has 304 valence electrons. The maximum absolute atomic E-state index is 14.6. The summed E-state index contributed by atoms with van der Waals surface area (Å²) in [5.74, 6) is -7.65. The first-order chi connectivity index (χ1) is 26.0. The van der Waals surface area contributed by atoms with Crippen molar-refractivity contribution < 1.29 is 53.8 Å². The number of fused-ring (bicyclic) bond motifs is 2. The minimum Gasteiger partial charge on any atom is -0.458 e. The number of amides is 6. The molecule has 3 fully saturated rings. The highest BCUT2D eigenvalue weighted by molar-refractivity contribution is 5.96. The van der Waals surface area contributed by atoms with Gasteiger partial charge in [0.25, 0.3) is 29.5 Å². The molecule has 7 atom stereocenters. The van der Waals surface area contributed by atoms with E-state index in [1.54, 1.807) is 13.8 Å². The summed E-state index contributed by atoms with van der Waals surface area (Å²) < 4.78 is 5.80. The van der Waals surface area contributed by atoms with Crippen molar-refractivity contribution in [3.8, 4) is 0 Å². The number of hydrogen-bond acceptors (Lipinski definition) is 13. The molecule has 0 radical (unpaired) electrons. The number of benzene rings is 1. The summed E-state index contributed by atoms with van der Waals surface area (Å²) in [6.07, 6.45) is 0.312. The fourth-order valence-corrected chi connectivity index (χ4v) is 6.67. The van der Waals surface area contributed by atoms with Crippen LogP contribution in [0.2, 0.25) is 0 Å². The number of nitrogens with zero attached hydrogens (tertiary/aromatic N) is 4. The third-order valence-corrected chi connectivity index (χ3v) is 10.1. The van der Waals surface area contributed by atoms with Crippen molar-refractivity contribution >= 4 is 41.4 Å². The molecule has 3 aliphatic heterocycles. The van der Waals surface area contributed by atoms with E-state index in [0.29, 0.717) is 25.7 Å². The SMILES string of the molecule is CC(C)[C@@H]1OC(=O)[C@@H](C)N(O)C(=O)[C@@H]2CCCNN2C(=O)CNC(=O)[C@H](C)N(O)C(=O)[C@H]2CCCNN2C(=O)[C@H]1NC(=O)[C@@](C)(O)CCCc1ccccc1. The molecule has 4 rings (SSSR count).